The number of rotatable bonds is 2. The topological polar surface area (TPSA) is 117 Å². The minimum absolute atomic E-state index is 0.0195. The van der Waals surface area contributed by atoms with Crippen molar-refractivity contribution in [3.05, 3.63) is 47.3 Å². The highest BCUT2D eigenvalue weighted by Gasteiger charge is 2.36. The van der Waals surface area contributed by atoms with Crippen molar-refractivity contribution in [2.24, 2.45) is 0 Å². The molecular formula is C19H19N5O4. The average molecular weight is 381 g/mol. The van der Waals surface area contributed by atoms with E-state index in [1.54, 1.807) is 39.0 Å². The van der Waals surface area contributed by atoms with Crippen LogP contribution in [0, 0.1) is 11.3 Å². The first-order valence-corrected chi connectivity index (χ1v) is 8.62. The van der Waals surface area contributed by atoms with E-state index < -0.39 is 23.5 Å². The number of imide groups is 1. The predicted molar refractivity (Wildman–Crippen MR) is 98.6 cm³/mol. The number of hydrogen-bond donors (Lipinski definition) is 1. The summed E-state index contributed by atoms with van der Waals surface area (Å²) in [5.41, 5.74) is 0.117. The molecule has 3 rings (SSSR count). The lowest BCUT2D eigenvalue weighted by Gasteiger charge is -2.29. The standard InChI is InChI=1S/C19H19N5O4/c1-19(2,3)28-18(27)23-7-8-24-15(17(23)26)14(11-21-24)16(25)22-13-6-4-5-12(9-13)10-20/h4-6,9,11H,7-8H2,1-3H3,(H,22,25). The van der Waals surface area contributed by atoms with Gasteiger partial charge in [-0.25, -0.2) is 9.69 Å². The first kappa shape index (κ1) is 19.1. The normalized spacial score (nSPS) is 13.5. The number of carbonyl (C=O) groups is 3. The first-order valence-electron chi connectivity index (χ1n) is 8.62. The van der Waals surface area contributed by atoms with Gasteiger partial charge in [-0.2, -0.15) is 10.4 Å². The molecule has 1 aliphatic rings. The van der Waals surface area contributed by atoms with Crippen molar-refractivity contribution in [1.82, 2.24) is 14.7 Å². The number of aromatic nitrogens is 2. The minimum Gasteiger partial charge on any atom is -0.443 e. The maximum absolute atomic E-state index is 12.8. The molecule has 0 fully saturated rings. The maximum Gasteiger partial charge on any atom is 0.417 e. The summed E-state index contributed by atoms with van der Waals surface area (Å²) >= 11 is 0. The van der Waals surface area contributed by atoms with Gasteiger partial charge in [0.05, 0.1) is 36.5 Å². The van der Waals surface area contributed by atoms with Crippen LogP contribution in [0.4, 0.5) is 10.5 Å². The van der Waals surface area contributed by atoms with Gasteiger partial charge < -0.3 is 10.1 Å². The molecule has 0 saturated heterocycles. The van der Waals surface area contributed by atoms with E-state index in [0.29, 0.717) is 11.3 Å². The van der Waals surface area contributed by atoms with Crippen molar-refractivity contribution in [1.29, 1.82) is 5.26 Å². The summed E-state index contributed by atoms with van der Waals surface area (Å²) < 4.78 is 6.66. The molecule has 9 nitrogen and oxygen atoms in total. The summed E-state index contributed by atoms with van der Waals surface area (Å²) in [6.07, 6.45) is 0.521. The van der Waals surface area contributed by atoms with Crippen LogP contribution in [-0.2, 0) is 11.3 Å². The Bertz CT molecular complexity index is 996. The second-order valence-electron chi connectivity index (χ2n) is 7.21. The van der Waals surface area contributed by atoms with Crippen LogP contribution in [0.15, 0.2) is 30.5 Å². The Hall–Kier alpha value is -3.67. The van der Waals surface area contributed by atoms with E-state index in [-0.39, 0.29) is 24.3 Å². The molecule has 0 saturated carbocycles. The van der Waals surface area contributed by atoms with Gasteiger partial charge in [-0.1, -0.05) is 6.07 Å². The number of ether oxygens (including phenoxy) is 1. The fourth-order valence-electron chi connectivity index (χ4n) is 2.73. The highest BCUT2D eigenvalue weighted by atomic mass is 16.6. The number of nitrogens with one attached hydrogen (secondary N) is 1. The number of carbonyl (C=O) groups excluding carboxylic acids is 3. The quantitative estimate of drug-likeness (QED) is 0.853. The fourth-order valence-corrected chi connectivity index (χ4v) is 2.73. The Morgan fingerprint density at radius 3 is 2.71 bits per heavy atom. The van der Waals surface area contributed by atoms with Gasteiger partial charge in [0.25, 0.3) is 11.8 Å². The zero-order valence-electron chi connectivity index (χ0n) is 15.7. The predicted octanol–water partition coefficient (Wildman–Crippen LogP) is 2.40. The van der Waals surface area contributed by atoms with Gasteiger partial charge in [-0.05, 0) is 39.0 Å². The molecule has 144 valence electrons. The Morgan fingerprint density at radius 1 is 1.29 bits per heavy atom. The number of fused-ring (bicyclic) bond motifs is 1. The molecule has 2 aromatic rings. The third kappa shape index (κ3) is 3.86. The summed E-state index contributed by atoms with van der Waals surface area (Å²) in [5.74, 6) is -1.20. The van der Waals surface area contributed by atoms with Crippen LogP contribution in [0.3, 0.4) is 0 Å². The van der Waals surface area contributed by atoms with Crippen LogP contribution in [0.2, 0.25) is 0 Å². The zero-order valence-corrected chi connectivity index (χ0v) is 15.7. The molecule has 1 N–H and O–H groups in total. The molecule has 9 heteroatoms. The van der Waals surface area contributed by atoms with E-state index in [0.717, 1.165) is 4.90 Å². The molecular weight excluding hydrogens is 362 g/mol. The van der Waals surface area contributed by atoms with E-state index in [2.05, 4.69) is 10.4 Å². The highest BCUT2D eigenvalue weighted by Crippen LogP contribution is 2.21. The Morgan fingerprint density at radius 2 is 2.04 bits per heavy atom. The summed E-state index contributed by atoms with van der Waals surface area (Å²) in [6.45, 7) is 5.48. The number of amides is 3. The molecule has 0 unspecified atom stereocenters. The van der Waals surface area contributed by atoms with Crippen molar-refractivity contribution in [3.63, 3.8) is 0 Å². The van der Waals surface area contributed by atoms with E-state index >= 15 is 0 Å². The molecule has 0 radical (unpaired) electrons. The van der Waals surface area contributed by atoms with E-state index in [9.17, 15) is 14.4 Å². The Balaban J connectivity index is 1.84. The van der Waals surface area contributed by atoms with E-state index in [4.69, 9.17) is 10.00 Å². The van der Waals surface area contributed by atoms with Crippen LogP contribution in [0.5, 0.6) is 0 Å². The SMILES string of the molecule is CC(C)(C)OC(=O)N1CCn2ncc(C(=O)Nc3cccc(C#N)c3)c2C1=O. The molecule has 2 heterocycles. The van der Waals surface area contributed by atoms with Gasteiger partial charge in [-0.3, -0.25) is 14.3 Å². The molecule has 0 bridgehead atoms. The number of hydrogen-bond acceptors (Lipinski definition) is 6. The van der Waals surface area contributed by atoms with Gasteiger partial charge in [0.1, 0.15) is 11.3 Å². The van der Waals surface area contributed by atoms with Crippen molar-refractivity contribution >= 4 is 23.6 Å². The van der Waals surface area contributed by atoms with Crippen molar-refractivity contribution in [2.45, 2.75) is 32.9 Å². The van der Waals surface area contributed by atoms with Crippen LogP contribution < -0.4 is 5.32 Å². The largest absolute Gasteiger partial charge is 0.443 e. The lowest BCUT2D eigenvalue weighted by Crippen LogP contribution is -2.47. The highest BCUT2D eigenvalue weighted by molar-refractivity contribution is 6.13. The van der Waals surface area contributed by atoms with Gasteiger partial charge in [0, 0.05) is 5.69 Å². The second kappa shape index (κ2) is 7.15. The Labute approximate surface area is 161 Å². The summed E-state index contributed by atoms with van der Waals surface area (Å²) in [6, 6.07) is 8.38. The molecule has 0 aliphatic carbocycles. The fraction of sp³-hybridized carbons (Fsp3) is 0.316. The number of benzene rings is 1. The van der Waals surface area contributed by atoms with Crippen LogP contribution >= 0.6 is 0 Å². The molecule has 1 aromatic carbocycles. The number of anilines is 1. The third-order valence-corrected chi connectivity index (χ3v) is 3.93. The van der Waals surface area contributed by atoms with E-state index in [1.165, 1.54) is 16.9 Å². The molecule has 1 aromatic heterocycles. The molecule has 1 aliphatic heterocycles. The smallest absolute Gasteiger partial charge is 0.417 e. The number of nitrogens with zero attached hydrogens (tertiary/aromatic N) is 4. The lowest BCUT2D eigenvalue weighted by atomic mass is 10.1. The molecule has 3 amide bonds. The van der Waals surface area contributed by atoms with Crippen LogP contribution in [0.1, 0.15) is 47.2 Å². The zero-order chi connectivity index (χ0) is 20.5. The van der Waals surface area contributed by atoms with Crippen molar-refractivity contribution in [2.75, 3.05) is 11.9 Å². The van der Waals surface area contributed by atoms with Crippen molar-refractivity contribution in [3.8, 4) is 6.07 Å². The monoisotopic (exact) mass is 381 g/mol. The Kier molecular flexibility index (Phi) is 4.88. The van der Waals surface area contributed by atoms with Crippen LogP contribution in [0.25, 0.3) is 0 Å². The second-order valence-corrected chi connectivity index (χ2v) is 7.21. The summed E-state index contributed by atoms with van der Waals surface area (Å²) in [7, 11) is 0. The van der Waals surface area contributed by atoms with E-state index in [1.807, 2.05) is 6.07 Å². The van der Waals surface area contributed by atoms with Gasteiger partial charge in [0.2, 0.25) is 0 Å². The summed E-state index contributed by atoms with van der Waals surface area (Å²) in [4.78, 5) is 38.8. The van der Waals surface area contributed by atoms with Crippen LogP contribution in [-0.4, -0.2) is 44.7 Å². The number of nitriles is 1. The first-order chi connectivity index (χ1) is 13.2. The average Bonchev–Trinajstić information content (AvgIpc) is 3.05. The molecule has 28 heavy (non-hydrogen) atoms. The third-order valence-electron chi connectivity index (χ3n) is 3.93. The maximum atomic E-state index is 12.8. The minimum atomic E-state index is -0.766. The van der Waals surface area contributed by atoms with Gasteiger partial charge >= 0.3 is 6.09 Å². The van der Waals surface area contributed by atoms with Crippen molar-refractivity contribution < 1.29 is 19.1 Å². The van der Waals surface area contributed by atoms with Gasteiger partial charge in [0.15, 0.2) is 0 Å². The molecule has 0 spiro atoms. The lowest BCUT2D eigenvalue weighted by molar-refractivity contribution is 0.0208. The van der Waals surface area contributed by atoms with Gasteiger partial charge in [-0.15, -0.1) is 0 Å². The summed E-state index contributed by atoms with van der Waals surface area (Å²) in [5, 5.41) is 15.7. The molecule has 0 atom stereocenters.